The van der Waals surface area contributed by atoms with Crippen molar-refractivity contribution in [2.75, 3.05) is 0 Å². The first kappa shape index (κ1) is 10.0. The van der Waals surface area contributed by atoms with Gasteiger partial charge in [-0.25, -0.2) is 0 Å². The van der Waals surface area contributed by atoms with Crippen LogP contribution < -0.4 is 0 Å². The van der Waals surface area contributed by atoms with E-state index in [4.69, 9.17) is 5.11 Å². The number of ether oxygens (including phenoxy) is 1. The maximum absolute atomic E-state index is 11.3. The molecule has 0 amide bonds. The van der Waals surface area contributed by atoms with E-state index in [-0.39, 0.29) is 0 Å². The van der Waals surface area contributed by atoms with Gasteiger partial charge in [0.15, 0.2) is 5.76 Å². The molecule has 0 bridgehead atoms. The highest BCUT2D eigenvalue weighted by Gasteiger charge is 2.37. The molecule has 0 saturated carbocycles. The first-order valence-corrected chi connectivity index (χ1v) is 4.98. The zero-order valence-electron chi connectivity index (χ0n) is 7.48. The van der Waals surface area contributed by atoms with Crippen LogP contribution in [0.5, 0.6) is 0 Å². The van der Waals surface area contributed by atoms with Crippen LogP contribution in [-0.2, 0) is 9.53 Å². The van der Waals surface area contributed by atoms with Crippen LogP contribution in [-0.4, -0.2) is 16.2 Å². The van der Waals surface area contributed by atoms with Crippen LogP contribution in [0, 0.1) is 0 Å². The Hall–Kier alpha value is -1.49. The molecular weight excluding hydrogens is 264 g/mol. The summed E-state index contributed by atoms with van der Waals surface area (Å²) >= 11 is 3.26. The lowest BCUT2D eigenvalue weighted by Gasteiger charge is -2.05. The maximum atomic E-state index is 11.3. The first-order valence-electron chi connectivity index (χ1n) is 4.19. The lowest BCUT2D eigenvalue weighted by atomic mass is 9.99. The third kappa shape index (κ3) is 1.70. The van der Waals surface area contributed by atoms with Crippen molar-refractivity contribution in [1.82, 2.24) is 0 Å². The fourth-order valence-corrected chi connectivity index (χ4v) is 1.66. The van der Waals surface area contributed by atoms with Gasteiger partial charge in [0.05, 0.1) is 0 Å². The molecule has 1 aliphatic rings. The summed E-state index contributed by atoms with van der Waals surface area (Å²) in [7, 11) is 0. The standard InChI is InChI=1S/C10H7BrO4/c11-6-3-1-5(2-4-6)7-8(12)10(14)15-9(7)13/h1-4,7,12,14H/t7-/m1/s1. The van der Waals surface area contributed by atoms with Crippen molar-refractivity contribution in [2.24, 2.45) is 0 Å². The van der Waals surface area contributed by atoms with Crippen molar-refractivity contribution < 1.29 is 19.7 Å². The van der Waals surface area contributed by atoms with E-state index in [0.29, 0.717) is 5.56 Å². The molecule has 2 rings (SSSR count). The van der Waals surface area contributed by atoms with Crippen molar-refractivity contribution in [3.05, 3.63) is 46.0 Å². The number of carbonyl (C=O) groups excluding carboxylic acids is 1. The average molecular weight is 271 g/mol. The second-order valence-electron chi connectivity index (χ2n) is 3.10. The molecule has 15 heavy (non-hydrogen) atoms. The van der Waals surface area contributed by atoms with E-state index >= 15 is 0 Å². The zero-order chi connectivity index (χ0) is 11.0. The molecule has 0 aromatic heterocycles. The molecule has 5 heteroatoms. The van der Waals surface area contributed by atoms with E-state index < -0.39 is 23.6 Å². The predicted octanol–water partition coefficient (Wildman–Crippen LogP) is 2.37. The van der Waals surface area contributed by atoms with E-state index in [9.17, 15) is 9.90 Å². The number of carbonyl (C=O) groups is 1. The number of hydrogen-bond acceptors (Lipinski definition) is 4. The molecule has 0 aliphatic carbocycles. The van der Waals surface area contributed by atoms with Crippen LogP contribution in [0.3, 0.4) is 0 Å². The molecule has 1 atom stereocenters. The van der Waals surface area contributed by atoms with Crippen LogP contribution in [0.15, 0.2) is 40.4 Å². The van der Waals surface area contributed by atoms with Gasteiger partial charge in [0.2, 0.25) is 0 Å². The van der Waals surface area contributed by atoms with Crippen LogP contribution in [0.1, 0.15) is 11.5 Å². The van der Waals surface area contributed by atoms with Gasteiger partial charge in [-0.15, -0.1) is 0 Å². The number of aliphatic hydroxyl groups is 2. The van der Waals surface area contributed by atoms with E-state index in [1.54, 1.807) is 24.3 Å². The molecule has 2 N–H and O–H groups in total. The monoisotopic (exact) mass is 270 g/mol. The van der Waals surface area contributed by atoms with Crippen molar-refractivity contribution in [1.29, 1.82) is 0 Å². The normalized spacial score (nSPS) is 20.6. The van der Waals surface area contributed by atoms with E-state index in [2.05, 4.69) is 20.7 Å². The summed E-state index contributed by atoms with van der Waals surface area (Å²) in [6.45, 7) is 0. The summed E-state index contributed by atoms with van der Waals surface area (Å²) in [5.74, 6) is -2.75. The minimum atomic E-state index is -0.918. The van der Waals surface area contributed by atoms with Crippen LogP contribution >= 0.6 is 15.9 Å². The predicted molar refractivity (Wildman–Crippen MR) is 55.3 cm³/mol. The van der Waals surface area contributed by atoms with Crippen molar-refractivity contribution in [2.45, 2.75) is 5.92 Å². The van der Waals surface area contributed by atoms with Gasteiger partial charge in [-0.1, -0.05) is 28.1 Å². The zero-order valence-corrected chi connectivity index (χ0v) is 9.06. The number of halogens is 1. The Balaban J connectivity index is 2.39. The Bertz CT molecular complexity index is 435. The SMILES string of the molecule is O=C1OC(O)=C(O)[C@H]1c1ccc(Br)cc1. The van der Waals surface area contributed by atoms with Gasteiger partial charge >= 0.3 is 11.9 Å². The fourth-order valence-electron chi connectivity index (χ4n) is 1.39. The number of aliphatic hydroxyl groups excluding tert-OH is 2. The Kier molecular flexibility index (Phi) is 2.40. The third-order valence-corrected chi connectivity index (χ3v) is 2.66. The molecule has 0 radical (unpaired) electrons. The Morgan fingerprint density at radius 3 is 2.27 bits per heavy atom. The summed E-state index contributed by atoms with van der Waals surface area (Å²) in [6.07, 6.45) is 0. The van der Waals surface area contributed by atoms with Crippen molar-refractivity contribution in [3.8, 4) is 0 Å². The molecule has 0 fully saturated rings. The number of cyclic esters (lactones) is 1. The molecule has 0 unspecified atom stereocenters. The Labute approximate surface area is 93.9 Å². The van der Waals surface area contributed by atoms with E-state index in [0.717, 1.165) is 4.47 Å². The summed E-state index contributed by atoms with van der Waals surface area (Å²) < 4.78 is 5.27. The number of rotatable bonds is 1. The fraction of sp³-hybridized carbons (Fsp3) is 0.100. The molecule has 1 aromatic carbocycles. The molecular formula is C10H7BrO4. The lowest BCUT2D eigenvalue weighted by Crippen LogP contribution is -2.09. The number of hydrogen-bond donors (Lipinski definition) is 2. The third-order valence-electron chi connectivity index (χ3n) is 2.13. The Morgan fingerprint density at radius 1 is 1.20 bits per heavy atom. The molecule has 4 nitrogen and oxygen atoms in total. The van der Waals surface area contributed by atoms with Crippen LogP contribution in [0.4, 0.5) is 0 Å². The largest absolute Gasteiger partial charge is 0.505 e. The summed E-state index contributed by atoms with van der Waals surface area (Å²) in [5.41, 5.74) is 0.574. The van der Waals surface area contributed by atoms with E-state index in [1.165, 1.54) is 0 Å². The second kappa shape index (κ2) is 3.58. The molecule has 1 aromatic rings. The highest BCUT2D eigenvalue weighted by atomic mass is 79.9. The van der Waals surface area contributed by atoms with Gasteiger partial charge in [-0.3, -0.25) is 4.79 Å². The molecule has 1 aliphatic heterocycles. The highest BCUT2D eigenvalue weighted by molar-refractivity contribution is 9.10. The minimum Gasteiger partial charge on any atom is -0.505 e. The smallest absolute Gasteiger partial charge is 0.329 e. The maximum Gasteiger partial charge on any atom is 0.329 e. The Morgan fingerprint density at radius 2 is 1.80 bits per heavy atom. The highest BCUT2D eigenvalue weighted by Crippen LogP contribution is 2.32. The van der Waals surface area contributed by atoms with Gasteiger partial charge in [0.25, 0.3) is 0 Å². The van der Waals surface area contributed by atoms with Crippen molar-refractivity contribution in [3.63, 3.8) is 0 Å². The van der Waals surface area contributed by atoms with Gasteiger partial charge in [-0.05, 0) is 17.7 Å². The average Bonchev–Trinajstić information content (AvgIpc) is 2.44. The van der Waals surface area contributed by atoms with Gasteiger partial charge in [-0.2, -0.15) is 0 Å². The molecule has 1 heterocycles. The minimum absolute atomic E-state index is 0.442. The van der Waals surface area contributed by atoms with Gasteiger partial charge < -0.3 is 14.9 Å². The van der Waals surface area contributed by atoms with Gasteiger partial charge in [0, 0.05) is 4.47 Å². The second-order valence-corrected chi connectivity index (χ2v) is 4.01. The van der Waals surface area contributed by atoms with Crippen LogP contribution in [0.25, 0.3) is 0 Å². The quantitative estimate of drug-likeness (QED) is 0.769. The molecule has 0 saturated heterocycles. The summed E-state index contributed by atoms with van der Waals surface area (Å²) in [6, 6.07) is 6.83. The number of benzene rings is 1. The van der Waals surface area contributed by atoms with E-state index in [1.807, 2.05) is 0 Å². The molecule has 78 valence electrons. The molecule has 0 spiro atoms. The summed E-state index contributed by atoms with van der Waals surface area (Å²) in [5, 5.41) is 18.5. The summed E-state index contributed by atoms with van der Waals surface area (Å²) in [4.78, 5) is 11.3. The topological polar surface area (TPSA) is 66.8 Å². The number of esters is 1. The lowest BCUT2D eigenvalue weighted by molar-refractivity contribution is -0.140. The van der Waals surface area contributed by atoms with Crippen molar-refractivity contribution >= 4 is 21.9 Å². The first-order chi connectivity index (χ1) is 7.09. The van der Waals surface area contributed by atoms with Gasteiger partial charge in [0.1, 0.15) is 5.92 Å². The van der Waals surface area contributed by atoms with Crippen LogP contribution in [0.2, 0.25) is 0 Å².